The van der Waals surface area contributed by atoms with Gasteiger partial charge in [-0.25, -0.2) is 0 Å². The second-order valence-electron chi connectivity index (χ2n) is 5.18. The molecule has 0 aromatic heterocycles. The summed E-state index contributed by atoms with van der Waals surface area (Å²) in [5, 5.41) is 3.97. The number of nitrogens with zero attached hydrogens (tertiary/aromatic N) is 1. The van der Waals surface area contributed by atoms with Crippen molar-refractivity contribution < 1.29 is 0 Å². The number of aryl methyl sites for hydroxylation is 2. The van der Waals surface area contributed by atoms with E-state index in [1.807, 2.05) is 19.2 Å². The van der Waals surface area contributed by atoms with Gasteiger partial charge in [-0.15, -0.1) is 0 Å². The zero-order valence-corrected chi connectivity index (χ0v) is 13.3. The van der Waals surface area contributed by atoms with Crippen molar-refractivity contribution in [1.29, 1.82) is 0 Å². The van der Waals surface area contributed by atoms with Crippen LogP contribution in [-0.2, 0) is 6.54 Å². The lowest BCUT2D eigenvalue weighted by Crippen LogP contribution is -2.15. The average Bonchev–Trinajstić information content (AvgIpc) is 2.37. The number of nitrogens with one attached hydrogen (secondary N) is 1. The van der Waals surface area contributed by atoms with Crippen LogP contribution in [0.5, 0.6) is 0 Å². The molecule has 3 heteroatoms. The molecule has 0 atom stereocenters. The Morgan fingerprint density at radius 2 is 1.75 bits per heavy atom. The predicted molar refractivity (Wildman–Crippen MR) is 88.2 cm³/mol. The van der Waals surface area contributed by atoms with Gasteiger partial charge < -0.3 is 10.2 Å². The summed E-state index contributed by atoms with van der Waals surface area (Å²) in [4.78, 5) is 2.16. The molecule has 2 rings (SSSR count). The molecule has 0 saturated heterocycles. The van der Waals surface area contributed by atoms with Crippen LogP contribution in [-0.4, -0.2) is 14.1 Å². The van der Waals surface area contributed by atoms with Crippen molar-refractivity contribution in [2.75, 3.05) is 19.0 Å². The Balaban J connectivity index is 2.49. The van der Waals surface area contributed by atoms with Crippen molar-refractivity contribution >= 4 is 23.0 Å². The fraction of sp³-hybridized carbons (Fsp3) is 0.294. The van der Waals surface area contributed by atoms with Crippen molar-refractivity contribution in [3.63, 3.8) is 0 Å². The summed E-state index contributed by atoms with van der Waals surface area (Å²) in [6.45, 7) is 5.03. The molecule has 0 radical (unpaired) electrons. The summed E-state index contributed by atoms with van der Waals surface area (Å²) in [6.07, 6.45) is 0. The Hall–Kier alpha value is -1.51. The van der Waals surface area contributed by atoms with Crippen LogP contribution in [0.15, 0.2) is 36.4 Å². The molecule has 0 amide bonds. The van der Waals surface area contributed by atoms with Gasteiger partial charge in [0.15, 0.2) is 0 Å². The van der Waals surface area contributed by atoms with Crippen LogP contribution in [0.2, 0.25) is 5.02 Å². The third kappa shape index (κ3) is 3.14. The molecule has 1 N–H and O–H groups in total. The Bertz CT molecular complexity index is 588. The number of hydrogen-bond donors (Lipinski definition) is 1. The van der Waals surface area contributed by atoms with Gasteiger partial charge in [-0.05, 0) is 55.8 Å². The van der Waals surface area contributed by atoms with E-state index in [2.05, 4.69) is 55.4 Å². The van der Waals surface area contributed by atoms with Crippen LogP contribution in [0.1, 0.15) is 16.7 Å². The summed E-state index contributed by atoms with van der Waals surface area (Å²) < 4.78 is 0. The first-order valence-corrected chi connectivity index (χ1v) is 7.14. The fourth-order valence-corrected chi connectivity index (χ4v) is 2.86. The molecule has 0 aliphatic carbocycles. The summed E-state index contributed by atoms with van der Waals surface area (Å²) >= 11 is 6.42. The number of anilines is 2. The first-order chi connectivity index (χ1) is 9.52. The Kier molecular flexibility index (Phi) is 4.69. The van der Waals surface area contributed by atoms with Crippen molar-refractivity contribution in [2.24, 2.45) is 0 Å². The molecule has 0 aliphatic rings. The molecule has 0 bridgehead atoms. The summed E-state index contributed by atoms with van der Waals surface area (Å²) in [7, 11) is 4.01. The molecular weight excluding hydrogens is 268 g/mol. The van der Waals surface area contributed by atoms with Crippen LogP contribution in [0.25, 0.3) is 0 Å². The van der Waals surface area contributed by atoms with E-state index in [1.165, 1.54) is 16.7 Å². The molecule has 0 spiro atoms. The van der Waals surface area contributed by atoms with E-state index in [-0.39, 0.29) is 0 Å². The van der Waals surface area contributed by atoms with Crippen molar-refractivity contribution in [2.45, 2.75) is 20.4 Å². The second-order valence-corrected chi connectivity index (χ2v) is 5.59. The lowest BCUT2D eigenvalue weighted by molar-refractivity contribution is 0.816. The van der Waals surface area contributed by atoms with Crippen molar-refractivity contribution in [3.8, 4) is 0 Å². The van der Waals surface area contributed by atoms with Crippen LogP contribution in [0.3, 0.4) is 0 Å². The van der Waals surface area contributed by atoms with Gasteiger partial charge in [-0.3, -0.25) is 0 Å². The van der Waals surface area contributed by atoms with Crippen molar-refractivity contribution in [3.05, 3.63) is 58.1 Å². The molecule has 0 heterocycles. The Morgan fingerprint density at radius 1 is 1.10 bits per heavy atom. The standard InChI is InChI=1S/C17H21ClN2/c1-12-8-13(2)10-15(9-12)20(4)17-14(11-19-3)6-5-7-16(17)18/h5-10,19H,11H2,1-4H3. The van der Waals surface area contributed by atoms with Crippen LogP contribution >= 0.6 is 11.6 Å². The van der Waals surface area contributed by atoms with Crippen LogP contribution in [0, 0.1) is 13.8 Å². The first-order valence-electron chi connectivity index (χ1n) is 6.77. The van der Waals surface area contributed by atoms with E-state index in [4.69, 9.17) is 11.6 Å². The minimum absolute atomic E-state index is 0.777. The molecule has 2 aromatic carbocycles. The summed E-state index contributed by atoms with van der Waals surface area (Å²) in [5.74, 6) is 0. The van der Waals surface area contributed by atoms with E-state index in [1.54, 1.807) is 0 Å². The highest BCUT2D eigenvalue weighted by Gasteiger charge is 2.13. The number of hydrogen-bond acceptors (Lipinski definition) is 2. The van der Waals surface area contributed by atoms with Gasteiger partial charge in [0.2, 0.25) is 0 Å². The highest BCUT2D eigenvalue weighted by molar-refractivity contribution is 6.33. The molecule has 2 nitrogen and oxygen atoms in total. The number of rotatable bonds is 4. The van der Waals surface area contributed by atoms with E-state index in [9.17, 15) is 0 Å². The minimum atomic E-state index is 0.777. The lowest BCUT2D eigenvalue weighted by atomic mass is 10.1. The third-order valence-electron chi connectivity index (χ3n) is 3.37. The molecule has 106 valence electrons. The highest BCUT2D eigenvalue weighted by atomic mass is 35.5. The molecule has 0 fully saturated rings. The fourth-order valence-electron chi connectivity index (χ4n) is 2.54. The SMILES string of the molecule is CNCc1cccc(Cl)c1N(C)c1cc(C)cc(C)c1. The first kappa shape index (κ1) is 14.9. The van der Waals surface area contributed by atoms with Gasteiger partial charge in [0.25, 0.3) is 0 Å². The molecule has 20 heavy (non-hydrogen) atoms. The third-order valence-corrected chi connectivity index (χ3v) is 3.67. The Morgan fingerprint density at radius 3 is 2.35 bits per heavy atom. The van der Waals surface area contributed by atoms with Crippen molar-refractivity contribution in [1.82, 2.24) is 5.32 Å². The number of para-hydroxylation sites is 1. The molecule has 0 saturated carbocycles. The lowest BCUT2D eigenvalue weighted by Gasteiger charge is -2.24. The van der Waals surface area contributed by atoms with E-state index in [0.29, 0.717) is 0 Å². The number of halogens is 1. The van der Waals surface area contributed by atoms with Crippen LogP contribution in [0.4, 0.5) is 11.4 Å². The number of benzene rings is 2. The van der Waals surface area contributed by atoms with Gasteiger partial charge in [0.1, 0.15) is 0 Å². The highest BCUT2D eigenvalue weighted by Crippen LogP contribution is 2.34. The maximum absolute atomic E-state index is 6.42. The summed E-state index contributed by atoms with van der Waals surface area (Å²) in [6, 6.07) is 12.6. The zero-order valence-electron chi connectivity index (χ0n) is 12.5. The normalized spacial score (nSPS) is 10.7. The minimum Gasteiger partial charge on any atom is -0.343 e. The molecule has 0 aliphatic heterocycles. The van der Waals surface area contributed by atoms with Gasteiger partial charge >= 0.3 is 0 Å². The van der Waals surface area contributed by atoms with Crippen LogP contribution < -0.4 is 10.2 Å². The van der Waals surface area contributed by atoms with Gasteiger partial charge in [0.05, 0.1) is 10.7 Å². The smallest absolute Gasteiger partial charge is 0.0646 e. The van der Waals surface area contributed by atoms with Gasteiger partial charge in [-0.1, -0.05) is 29.8 Å². The molecule has 2 aromatic rings. The molecule has 0 unspecified atom stereocenters. The zero-order chi connectivity index (χ0) is 14.7. The van der Waals surface area contributed by atoms with Gasteiger partial charge in [0, 0.05) is 19.3 Å². The maximum atomic E-state index is 6.42. The van der Waals surface area contributed by atoms with E-state index < -0.39 is 0 Å². The van der Waals surface area contributed by atoms with Gasteiger partial charge in [-0.2, -0.15) is 0 Å². The second kappa shape index (κ2) is 6.29. The summed E-state index contributed by atoms with van der Waals surface area (Å²) in [5.41, 5.74) is 5.94. The largest absolute Gasteiger partial charge is 0.343 e. The predicted octanol–water partition coefficient (Wildman–Crippen LogP) is 4.44. The Labute approximate surface area is 126 Å². The monoisotopic (exact) mass is 288 g/mol. The van der Waals surface area contributed by atoms with E-state index in [0.717, 1.165) is 22.9 Å². The maximum Gasteiger partial charge on any atom is 0.0646 e. The average molecular weight is 289 g/mol. The molecular formula is C17H21ClN2. The quantitative estimate of drug-likeness (QED) is 0.894. The topological polar surface area (TPSA) is 15.3 Å². The van der Waals surface area contributed by atoms with E-state index >= 15 is 0 Å².